The van der Waals surface area contributed by atoms with Gasteiger partial charge in [0.1, 0.15) is 5.69 Å². The third-order valence-corrected chi connectivity index (χ3v) is 4.67. The second-order valence-corrected chi connectivity index (χ2v) is 6.34. The predicted octanol–water partition coefficient (Wildman–Crippen LogP) is 2.45. The average Bonchev–Trinajstić information content (AvgIpc) is 3.04. The van der Waals surface area contributed by atoms with E-state index in [2.05, 4.69) is 31.3 Å². The van der Waals surface area contributed by atoms with Crippen molar-refractivity contribution in [2.24, 2.45) is 7.05 Å². The summed E-state index contributed by atoms with van der Waals surface area (Å²) in [6.07, 6.45) is 4.12. The first-order valence-corrected chi connectivity index (χ1v) is 7.72. The molecule has 0 spiro atoms. The van der Waals surface area contributed by atoms with Gasteiger partial charge >= 0.3 is 0 Å². The Bertz CT molecular complexity index is 598. The highest BCUT2D eigenvalue weighted by Gasteiger charge is 2.26. The normalized spacial score (nSPS) is 14.6. The highest BCUT2D eigenvalue weighted by Crippen LogP contribution is 2.41. The molecule has 3 rings (SSSR count). The number of nitrogens with one attached hydrogen (secondary N) is 1. The zero-order valence-corrected chi connectivity index (χ0v) is 12.8. The van der Waals surface area contributed by atoms with Gasteiger partial charge in [0, 0.05) is 18.3 Å². The first-order chi connectivity index (χ1) is 9.15. The van der Waals surface area contributed by atoms with Crippen LogP contribution >= 0.6 is 27.3 Å². The third-order valence-electron chi connectivity index (χ3n) is 3.04. The van der Waals surface area contributed by atoms with E-state index in [1.165, 1.54) is 17.8 Å². The van der Waals surface area contributed by atoms with Crippen molar-refractivity contribution in [1.82, 2.24) is 20.1 Å². The predicted molar refractivity (Wildman–Crippen MR) is 76.2 cm³/mol. The number of rotatable bonds is 4. The molecule has 0 aliphatic heterocycles. The Balaban J connectivity index is 1.63. The lowest BCUT2D eigenvalue weighted by Gasteiger charge is -2.04. The fraction of sp³-hybridized carbons (Fsp3) is 0.417. The van der Waals surface area contributed by atoms with Gasteiger partial charge in [0.25, 0.3) is 5.91 Å². The van der Waals surface area contributed by atoms with E-state index in [4.69, 9.17) is 0 Å². The van der Waals surface area contributed by atoms with E-state index in [0.717, 1.165) is 5.69 Å². The lowest BCUT2D eigenvalue weighted by atomic mass is 10.4. The highest BCUT2D eigenvalue weighted by atomic mass is 79.9. The Hall–Kier alpha value is -1.21. The molecule has 2 aromatic heterocycles. The van der Waals surface area contributed by atoms with Crippen molar-refractivity contribution < 1.29 is 4.79 Å². The molecule has 0 radical (unpaired) electrons. The zero-order chi connectivity index (χ0) is 13.4. The van der Waals surface area contributed by atoms with Gasteiger partial charge in [0.05, 0.1) is 27.9 Å². The molecule has 1 aliphatic rings. The van der Waals surface area contributed by atoms with E-state index in [0.29, 0.717) is 22.6 Å². The molecule has 1 N–H and O–H groups in total. The Morgan fingerprint density at radius 1 is 1.63 bits per heavy atom. The minimum atomic E-state index is -0.146. The topological polar surface area (TPSA) is 59.8 Å². The van der Waals surface area contributed by atoms with Crippen molar-refractivity contribution in [3.8, 4) is 0 Å². The number of aromatic nitrogens is 3. The minimum Gasteiger partial charge on any atom is -0.345 e. The number of aryl methyl sites for hydroxylation is 1. The number of amides is 1. The van der Waals surface area contributed by atoms with Crippen molar-refractivity contribution >= 4 is 33.2 Å². The number of carbonyl (C=O) groups is 1. The second-order valence-electron chi connectivity index (χ2n) is 4.60. The molecule has 1 amide bonds. The average molecular weight is 341 g/mol. The molecular weight excluding hydrogens is 328 g/mol. The molecule has 2 aromatic rings. The summed E-state index contributed by atoms with van der Waals surface area (Å²) in [4.78, 5) is 16.6. The number of thiazole rings is 1. The number of hydrogen-bond donors (Lipinski definition) is 1. The van der Waals surface area contributed by atoms with E-state index in [1.807, 2.05) is 5.38 Å². The molecule has 1 fully saturated rings. The fourth-order valence-corrected chi connectivity index (χ4v) is 3.36. The van der Waals surface area contributed by atoms with Crippen LogP contribution in [0.3, 0.4) is 0 Å². The van der Waals surface area contributed by atoms with Gasteiger partial charge in [-0.25, -0.2) is 4.98 Å². The molecule has 1 saturated carbocycles. The van der Waals surface area contributed by atoms with Crippen molar-refractivity contribution in [2.75, 3.05) is 0 Å². The molecule has 0 atom stereocenters. The standard InChI is InChI=1S/C12H13BrN4OS/c1-17-10(9(13)5-15-17)11(18)14-4-8-6-19-12(16-8)7-2-3-7/h5-7H,2-4H2,1H3,(H,14,18). The molecule has 100 valence electrons. The lowest BCUT2D eigenvalue weighted by Crippen LogP contribution is -2.25. The smallest absolute Gasteiger partial charge is 0.271 e. The van der Waals surface area contributed by atoms with Crippen LogP contribution in [-0.4, -0.2) is 20.7 Å². The molecule has 0 saturated heterocycles. The maximum absolute atomic E-state index is 12.0. The van der Waals surface area contributed by atoms with Crippen LogP contribution in [0, 0.1) is 0 Å². The number of nitrogens with zero attached hydrogens (tertiary/aromatic N) is 3. The van der Waals surface area contributed by atoms with E-state index >= 15 is 0 Å². The summed E-state index contributed by atoms with van der Waals surface area (Å²) in [5.74, 6) is 0.522. The Morgan fingerprint density at radius 3 is 3.05 bits per heavy atom. The SMILES string of the molecule is Cn1ncc(Br)c1C(=O)NCc1csc(C2CC2)n1. The van der Waals surface area contributed by atoms with Gasteiger partial charge < -0.3 is 5.32 Å². The van der Waals surface area contributed by atoms with Crippen LogP contribution in [-0.2, 0) is 13.6 Å². The summed E-state index contributed by atoms with van der Waals surface area (Å²) in [6.45, 7) is 0.458. The van der Waals surface area contributed by atoms with Gasteiger partial charge in [0.15, 0.2) is 0 Å². The number of halogens is 1. The zero-order valence-electron chi connectivity index (χ0n) is 10.4. The maximum atomic E-state index is 12.0. The summed E-state index contributed by atoms with van der Waals surface area (Å²) in [7, 11) is 1.74. The van der Waals surface area contributed by atoms with E-state index < -0.39 is 0 Å². The molecule has 5 nitrogen and oxygen atoms in total. The van der Waals surface area contributed by atoms with Crippen LogP contribution in [0.15, 0.2) is 16.0 Å². The van der Waals surface area contributed by atoms with Gasteiger partial charge in [-0.1, -0.05) is 0 Å². The van der Waals surface area contributed by atoms with E-state index in [1.54, 1.807) is 29.3 Å². The molecule has 0 aromatic carbocycles. The molecule has 0 unspecified atom stereocenters. The summed E-state index contributed by atoms with van der Waals surface area (Å²) in [6, 6.07) is 0. The molecule has 0 bridgehead atoms. The van der Waals surface area contributed by atoms with Crippen LogP contribution in [0.25, 0.3) is 0 Å². The fourth-order valence-electron chi connectivity index (χ4n) is 1.84. The summed E-state index contributed by atoms with van der Waals surface area (Å²) in [5, 5.41) is 10.1. The van der Waals surface area contributed by atoms with Crippen LogP contribution in [0.2, 0.25) is 0 Å². The highest BCUT2D eigenvalue weighted by molar-refractivity contribution is 9.10. The first kappa shape index (κ1) is 12.8. The molecule has 19 heavy (non-hydrogen) atoms. The van der Waals surface area contributed by atoms with Crippen molar-refractivity contribution in [2.45, 2.75) is 25.3 Å². The first-order valence-electron chi connectivity index (χ1n) is 6.05. The lowest BCUT2D eigenvalue weighted by molar-refractivity contribution is 0.0940. The third kappa shape index (κ3) is 2.71. The minimum absolute atomic E-state index is 0.146. The van der Waals surface area contributed by atoms with Crippen LogP contribution < -0.4 is 5.32 Å². The van der Waals surface area contributed by atoms with Crippen molar-refractivity contribution in [3.63, 3.8) is 0 Å². The van der Waals surface area contributed by atoms with Gasteiger partial charge in [-0.2, -0.15) is 5.10 Å². The monoisotopic (exact) mass is 340 g/mol. The summed E-state index contributed by atoms with van der Waals surface area (Å²) in [5.41, 5.74) is 1.45. The van der Waals surface area contributed by atoms with Gasteiger partial charge in [-0.15, -0.1) is 11.3 Å². The Kier molecular flexibility index (Phi) is 3.40. The van der Waals surface area contributed by atoms with Crippen molar-refractivity contribution in [3.05, 3.63) is 32.4 Å². The van der Waals surface area contributed by atoms with Crippen LogP contribution in [0.1, 0.15) is 39.9 Å². The second kappa shape index (κ2) is 5.05. The van der Waals surface area contributed by atoms with Crippen LogP contribution in [0.5, 0.6) is 0 Å². The van der Waals surface area contributed by atoms with Crippen LogP contribution in [0.4, 0.5) is 0 Å². The number of hydrogen-bond acceptors (Lipinski definition) is 4. The van der Waals surface area contributed by atoms with E-state index in [-0.39, 0.29) is 5.91 Å². The molecule has 2 heterocycles. The maximum Gasteiger partial charge on any atom is 0.271 e. The summed E-state index contributed by atoms with van der Waals surface area (Å²) >= 11 is 5.00. The van der Waals surface area contributed by atoms with Gasteiger partial charge in [0.2, 0.25) is 0 Å². The Labute approximate surface area is 123 Å². The summed E-state index contributed by atoms with van der Waals surface area (Å²) < 4.78 is 2.25. The van der Waals surface area contributed by atoms with Gasteiger partial charge in [-0.3, -0.25) is 9.48 Å². The van der Waals surface area contributed by atoms with Crippen molar-refractivity contribution in [1.29, 1.82) is 0 Å². The number of carbonyl (C=O) groups excluding carboxylic acids is 1. The van der Waals surface area contributed by atoms with E-state index in [9.17, 15) is 4.79 Å². The largest absolute Gasteiger partial charge is 0.345 e. The molecule has 1 aliphatic carbocycles. The Morgan fingerprint density at radius 2 is 2.42 bits per heavy atom. The molecular formula is C12H13BrN4OS. The quantitative estimate of drug-likeness (QED) is 0.929. The molecule has 7 heteroatoms. The van der Waals surface area contributed by atoms with Gasteiger partial charge in [-0.05, 0) is 28.8 Å².